The zero-order valence-electron chi connectivity index (χ0n) is 7.20. The molecule has 1 unspecified atom stereocenters. The van der Waals surface area contributed by atoms with Crippen LogP contribution in [0.1, 0.15) is 12.5 Å². The fourth-order valence-electron chi connectivity index (χ4n) is 0.859. The lowest BCUT2D eigenvalue weighted by atomic mass is 10.2. The maximum Gasteiger partial charge on any atom is 0.0312 e. The van der Waals surface area contributed by atoms with Crippen molar-refractivity contribution in [3.8, 4) is 0 Å². The second-order valence-corrected chi connectivity index (χ2v) is 3.19. The topological polar surface area (TPSA) is 24.9 Å². The minimum atomic E-state index is 0.452. The van der Waals surface area contributed by atoms with Gasteiger partial charge in [-0.1, -0.05) is 6.07 Å². The van der Waals surface area contributed by atoms with Crippen molar-refractivity contribution in [3.05, 3.63) is 30.1 Å². The van der Waals surface area contributed by atoms with Crippen LogP contribution in [0.4, 0.5) is 0 Å². The van der Waals surface area contributed by atoms with Gasteiger partial charge in [0.25, 0.3) is 0 Å². The van der Waals surface area contributed by atoms with Crippen molar-refractivity contribution < 1.29 is 0 Å². The molecule has 0 radical (unpaired) electrons. The predicted molar refractivity (Wildman–Crippen MR) is 54.4 cm³/mol. The van der Waals surface area contributed by atoms with Gasteiger partial charge in [-0.3, -0.25) is 4.98 Å². The van der Waals surface area contributed by atoms with E-state index in [-0.39, 0.29) is 0 Å². The molecule has 3 heteroatoms. The number of hydrogen-bond acceptors (Lipinski definition) is 3. The van der Waals surface area contributed by atoms with Gasteiger partial charge in [0.2, 0.25) is 0 Å². The van der Waals surface area contributed by atoms with Crippen LogP contribution in [0.5, 0.6) is 0 Å². The minimum absolute atomic E-state index is 0.452. The second-order valence-electron chi connectivity index (χ2n) is 2.83. The highest BCUT2D eigenvalue weighted by atomic mass is 32.1. The van der Waals surface area contributed by atoms with Gasteiger partial charge in [0.1, 0.15) is 0 Å². The van der Waals surface area contributed by atoms with Gasteiger partial charge in [-0.25, -0.2) is 0 Å². The van der Waals surface area contributed by atoms with E-state index < -0.39 is 0 Å². The molecule has 0 amide bonds. The Morgan fingerprint density at radius 1 is 1.67 bits per heavy atom. The largest absolute Gasteiger partial charge is 0.309 e. The van der Waals surface area contributed by atoms with Crippen molar-refractivity contribution in [2.75, 3.05) is 5.75 Å². The van der Waals surface area contributed by atoms with Crippen LogP contribution < -0.4 is 5.32 Å². The smallest absolute Gasteiger partial charge is 0.0312 e. The van der Waals surface area contributed by atoms with Gasteiger partial charge in [0.05, 0.1) is 0 Å². The molecule has 1 heterocycles. The molecule has 0 saturated heterocycles. The zero-order chi connectivity index (χ0) is 8.81. The highest BCUT2D eigenvalue weighted by molar-refractivity contribution is 7.80. The van der Waals surface area contributed by atoms with Crippen LogP contribution >= 0.6 is 12.6 Å². The van der Waals surface area contributed by atoms with Gasteiger partial charge >= 0.3 is 0 Å². The Kier molecular flexibility index (Phi) is 4.11. The number of hydrogen-bond donors (Lipinski definition) is 2. The summed E-state index contributed by atoms with van der Waals surface area (Å²) in [4.78, 5) is 4.03. The van der Waals surface area contributed by atoms with Crippen molar-refractivity contribution in [2.24, 2.45) is 0 Å². The Labute approximate surface area is 78.8 Å². The summed E-state index contributed by atoms with van der Waals surface area (Å²) in [5.41, 5.74) is 1.21. The molecule has 1 aromatic rings. The van der Waals surface area contributed by atoms with Crippen LogP contribution in [0.25, 0.3) is 0 Å². The first-order valence-corrected chi connectivity index (χ1v) is 4.69. The maximum atomic E-state index is 4.18. The molecule has 0 aliphatic carbocycles. The van der Waals surface area contributed by atoms with Crippen molar-refractivity contribution in [1.29, 1.82) is 0 Å². The molecule has 2 nitrogen and oxygen atoms in total. The summed E-state index contributed by atoms with van der Waals surface area (Å²) in [7, 11) is 0. The van der Waals surface area contributed by atoms with E-state index in [1.54, 1.807) is 6.20 Å². The number of pyridine rings is 1. The molecule has 0 spiro atoms. The number of aromatic nitrogens is 1. The van der Waals surface area contributed by atoms with E-state index in [1.165, 1.54) is 5.56 Å². The van der Waals surface area contributed by atoms with Crippen molar-refractivity contribution in [3.63, 3.8) is 0 Å². The standard InChI is InChI=1S/C9H14N2S/c1-8(7-12)11-6-9-3-2-4-10-5-9/h2-5,8,11-12H,6-7H2,1H3. The summed E-state index contributed by atoms with van der Waals surface area (Å²) < 4.78 is 0. The molecule has 0 aliphatic heterocycles. The predicted octanol–water partition coefficient (Wildman–Crippen LogP) is 1.49. The van der Waals surface area contributed by atoms with E-state index in [1.807, 2.05) is 12.3 Å². The minimum Gasteiger partial charge on any atom is -0.309 e. The molecule has 1 rings (SSSR count). The van der Waals surface area contributed by atoms with E-state index in [0.717, 1.165) is 12.3 Å². The summed E-state index contributed by atoms with van der Waals surface area (Å²) in [5.74, 6) is 0.861. The number of nitrogens with one attached hydrogen (secondary N) is 1. The number of rotatable bonds is 4. The van der Waals surface area contributed by atoms with E-state index in [0.29, 0.717) is 6.04 Å². The molecule has 66 valence electrons. The summed E-state index contributed by atoms with van der Waals surface area (Å²) >= 11 is 4.18. The Morgan fingerprint density at radius 2 is 2.50 bits per heavy atom. The Hall–Kier alpha value is -0.540. The van der Waals surface area contributed by atoms with Crippen LogP contribution in [0.15, 0.2) is 24.5 Å². The van der Waals surface area contributed by atoms with Crippen LogP contribution in [0.3, 0.4) is 0 Å². The first-order valence-electron chi connectivity index (χ1n) is 4.06. The molecule has 0 saturated carbocycles. The summed E-state index contributed by atoms with van der Waals surface area (Å²) in [5, 5.41) is 3.33. The Balaban J connectivity index is 2.33. The van der Waals surface area contributed by atoms with Gasteiger partial charge in [-0.2, -0.15) is 12.6 Å². The van der Waals surface area contributed by atoms with Crippen molar-refractivity contribution in [2.45, 2.75) is 19.5 Å². The van der Waals surface area contributed by atoms with E-state index in [4.69, 9.17) is 0 Å². The van der Waals surface area contributed by atoms with E-state index in [2.05, 4.69) is 35.9 Å². The third-order valence-corrected chi connectivity index (χ3v) is 2.20. The third kappa shape index (κ3) is 3.24. The first kappa shape index (κ1) is 9.55. The monoisotopic (exact) mass is 182 g/mol. The average molecular weight is 182 g/mol. The quantitative estimate of drug-likeness (QED) is 0.690. The molecule has 1 atom stereocenters. The molecule has 1 aromatic heterocycles. The molecule has 0 fully saturated rings. The van der Waals surface area contributed by atoms with Crippen LogP contribution in [0, 0.1) is 0 Å². The second kappa shape index (κ2) is 5.17. The summed E-state index contributed by atoms with van der Waals surface area (Å²) in [6, 6.07) is 4.46. The lowest BCUT2D eigenvalue weighted by Crippen LogP contribution is -2.26. The number of nitrogens with zero attached hydrogens (tertiary/aromatic N) is 1. The molecular formula is C9H14N2S. The fraction of sp³-hybridized carbons (Fsp3) is 0.444. The van der Waals surface area contributed by atoms with Crippen LogP contribution in [-0.2, 0) is 6.54 Å². The average Bonchev–Trinajstić information content (AvgIpc) is 2.16. The fourth-order valence-corrected chi connectivity index (χ4v) is 0.988. The van der Waals surface area contributed by atoms with Crippen molar-refractivity contribution in [1.82, 2.24) is 10.3 Å². The van der Waals surface area contributed by atoms with E-state index >= 15 is 0 Å². The zero-order valence-corrected chi connectivity index (χ0v) is 8.09. The van der Waals surface area contributed by atoms with Gasteiger partial charge in [0.15, 0.2) is 0 Å². The van der Waals surface area contributed by atoms with Gasteiger partial charge in [0, 0.05) is 30.7 Å². The van der Waals surface area contributed by atoms with Gasteiger partial charge in [-0.05, 0) is 18.6 Å². The molecule has 12 heavy (non-hydrogen) atoms. The molecule has 0 bridgehead atoms. The lowest BCUT2D eigenvalue weighted by molar-refractivity contribution is 0.596. The highest BCUT2D eigenvalue weighted by Gasteiger charge is 1.97. The molecular weight excluding hydrogens is 168 g/mol. The summed E-state index contributed by atoms with van der Waals surface area (Å²) in [6.45, 7) is 2.99. The SMILES string of the molecule is CC(CS)NCc1cccnc1. The van der Waals surface area contributed by atoms with Gasteiger partial charge < -0.3 is 5.32 Å². The summed E-state index contributed by atoms with van der Waals surface area (Å²) in [6.07, 6.45) is 3.66. The van der Waals surface area contributed by atoms with E-state index in [9.17, 15) is 0 Å². The Bertz CT molecular complexity index is 213. The number of thiol groups is 1. The van der Waals surface area contributed by atoms with Gasteiger partial charge in [-0.15, -0.1) is 0 Å². The molecule has 0 aliphatic rings. The van der Waals surface area contributed by atoms with Crippen LogP contribution in [-0.4, -0.2) is 16.8 Å². The first-order chi connectivity index (χ1) is 5.83. The van der Waals surface area contributed by atoms with Crippen molar-refractivity contribution >= 4 is 12.6 Å². The highest BCUT2D eigenvalue weighted by Crippen LogP contribution is 1.95. The Morgan fingerprint density at radius 3 is 3.08 bits per heavy atom. The molecule has 0 aromatic carbocycles. The van der Waals surface area contributed by atoms with Crippen LogP contribution in [0.2, 0.25) is 0 Å². The normalized spacial score (nSPS) is 12.8. The maximum absolute atomic E-state index is 4.18. The third-order valence-electron chi connectivity index (χ3n) is 1.65. The lowest BCUT2D eigenvalue weighted by Gasteiger charge is -2.09. The molecule has 1 N–H and O–H groups in total.